The maximum atomic E-state index is 12.4. The van der Waals surface area contributed by atoms with E-state index in [4.69, 9.17) is 0 Å². The number of aryl methyl sites for hydroxylation is 2. The van der Waals surface area contributed by atoms with E-state index in [1.54, 1.807) is 0 Å². The molecule has 27 heavy (non-hydrogen) atoms. The fraction of sp³-hybridized carbons (Fsp3) is 0.208. The highest BCUT2D eigenvalue weighted by molar-refractivity contribution is 7.98. The smallest absolute Gasteiger partial charge is 0.255 e. The molecular formula is C24H25NOS. The van der Waals surface area contributed by atoms with Gasteiger partial charge >= 0.3 is 0 Å². The van der Waals surface area contributed by atoms with Gasteiger partial charge in [0.05, 0.1) is 0 Å². The number of para-hydroxylation sites is 1. The maximum Gasteiger partial charge on any atom is 0.255 e. The predicted molar refractivity (Wildman–Crippen MR) is 116 cm³/mol. The van der Waals surface area contributed by atoms with Crippen LogP contribution in [0.25, 0.3) is 0 Å². The summed E-state index contributed by atoms with van der Waals surface area (Å²) in [4.78, 5) is 13.7. The zero-order valence-corrected chi connectivity index (χ0v) is 17.1. The Balaban J connectivity index is 1.67. The molecule has 3 heteroatoms. The summed E-state index contributed by atoms with van der Waals surface area (Å²) >= 11 is 1.87. The largest absolute Gasteiger partial charge is 0.322 e. The van der Waals surface area contributed by atoms with E-state index in [0.29, 0.717) is 5.56 Å². The first-order valence-corrected chi connectivity index (χ1v) is 10.1. The zero-order chi connectivity index (χ0) is 19.4. The third-order valence-corrected chi connectivity index (χ3v) is 6.31. The lowest BCUT2D eigenvalue weighted by Gasteiger charge is -2.15. The van der Waals surface area contributed by atoms with E-state index in [9.17, 15) is 4.79 Å². The Morgan fingerprint density at radius 3 is 2.04 bits per heavy atom. The Morgan fingerprint density at radius 1 is 0.852 bits per heavy atom. The van der Waals surface area contributed by atoms with Crippen molar-refractivity contribution in [1.29, 1.82) is 0 Å². The molecule has 3 aromatic carbocycles. The van der Waals surface area contributed by atoms with Gasteiger partial charge in [0.15, 0.2) is 0 Å². The van der Waals surface area contributed by atoms with Crippen LogP contribution in [0.4, 0.5) is 5.69 Å². The van der Waals surface area contributed by atoms with Crippen LogP contribution in [0.2, 0.25) is 0 Å². The molecule has 0 aromatic heterocycles. The molecule has 0 unspecified atom stereocenters. The molecule has 0 saturated heterocycles. The Hall–Kier alpha value is -2.52. The van der Waals surface area contributed by atoms with Gasteiger partial charge in [0.25, 0.3) is 5.91 Å². The van der Waals surface area contributed by atoms with Crippen molar-refractivity contribution in [2.45, 2.75) is 38.3 Å². The number of hydrogen-bond donors (Lipinski definition) is 1. The topological polar surface area (TPSA) is 29.1 Å². The van der Waals surface area contributed by atoms with E-state index >= 15 is 0 Å². The average molecular weight is 376 g/mol. The molecular weight excluding hydrogens is 350 g/mol. The fourth-order valence-corrected chi connectivity index (χ4v) is 4.29. The van der Waals surface area contributed by atoms with E-state index in [0.717, 1.165) is 11.4 Å². The number of nitrogens with one attached hydrogen (secondary N) is 1. The van der Waals surface area contributed by atoms with Gasteiger partial charge in [-0.2, -0.15) is 0 Å². The molecule has 0 fully saturated rings. The summed E-state index contributed by atoms with van der Waals surface area (Å²) in [6.45, 7) is 8.74. The van der Waals surface area contributed by atoms with Gasteiger partial charge < -0.3 is 5.32 Å². The zero-order valence-electron chi connectivity index (χ0n) is 16.3. The standard InChI is InChI=1S/C24H25NOS/c1-16-14-17(2)19(4)23(18(16)3)27-15-20-10-12-21(13-11-20)24(26)25-22-8-6-5-7-9-22/h5-14H,15H2,1-4H3,(H,25,26). The van der Waals surface area contributed by atoms with Crippen LogP contribution in [0.3, 0.4) is 0 Å². The molecule has 2 nitrogen and oxygen atoms in total. The molecule has 0 aliphatic rings. The number of carbonyl (C=O) groups excluding carboxylic acids is 1. The normalized spacial score (nSPS) is 10.7. The predicted octanol–water partition coefficient (Wildman–Crippen LogP) is 6.46. The average Bonchev–Trinajstić information content (AvgIpc) is 2.67. The summed E-state index contributed by atoms with van der Waals surface area (Å²) in [5.41, 5.74) is 8.11. The fourth-order valence-electron chi connectivity index (χ4n) is 3.03. The van der Waals surface area contributed by atoms with Crippen molar-refractivity contribution >= 4 is 23.4 Å². The van der Waals surface area contributed by atoms with Crippen LogP contribution >= 0.6 is 11.8 Å². The molecule has 1 N–H and O–H groups in total. The molecule has 0 radical (unpaired) electrons. The monoisotopic (exact) mass is 375 g/mol. The van der Waals surface area contributed by atoms with Gasteiger partial charge in [0, 0.05) is 21.9 Å². The molecule has 0 bridgehead atoms. The van der Waals surface area contributed by atoms with Crippen molar-refractivity contribution in [3.63, 3.8) is 0 Å². The molecule has 1 amide bonds. The van der Waals surface area contributed by atoms with Gasteiger partial charge in [0.1, 0.15) is 0 Å². The minimum Gasteiger partial charge on any atom is -0.322 e. The van der Waals surface area contributed by atoms with Crippen LogP contribution in [0.5, 0.6) is 0 Å². The number of thioether (sulfide) groups is 1. The van der Waals surface area contributed by atoms with Gasteiger partial charge in [-0.1, -0.05) is 36.4 Å². The van der Waals surface area contributed by atoms with Crippen LogP contribution in [-0.2, 0) is 5.75 Å². The molecule has 0 aliphatic carbocycles. The van der Waals surface area contributed by atoms with Crippen molar-refractivity contribution in [2.24, 2.45) is 0 Å². The Labute approximate surface area is 166 Å². The molecule has 0 heterocycles. The highest BCUT2D eigenvalue weighted by Crippen LogP contribution is 2.33. The van der Waals surface area contributed by atoms with E-state index in [1.807, 2.05) is 66.4 Å². The number of hydrogen-bond acceptors (Lipinski definition) is 2. The van der Waals surface area contributed by atoms with Crippen LogP contribution in [0.15, 0.2) is 65.6 Å². The summed E-state index contributed by atoms with van der Waals surface area (Å²) in [6, 6.07) is 19.7. The molecule has 3 aromatic rings. The number of benzene rings is 3. The lowest BCUT2D eigenvalue weighted by molar-refractivity contribution is 0.102. The van der Waals surface area contributed by atoms with Gasteiger partial charge in [-0.25, -0.2) is 0 Å². The molecule has 3 rings (SSSR count). The molecule has 0 saturated carbocycles. The lowest BCUT2D eigenvalue weighted by atomic mass is 10.0. The highest BCUT2D eigenvalue weighted by Gasteiger charge is 2.10. The van der Waals surface area contributed by atoms with E-state index in [1.165, 1.54) is 32.7 Å². The molecule has 0 spiro atoms. The summed E-state index contributed by atoms with van der Waals surface area (Å²) in [5.74, 6) is 0.812. The summed E-state index contributed by atoms with van der Waals surface area (Å²) in [6.07, 6.45) is 0. The first kappa shape index (κ1) is 19.2. The first-order valence-electron chi connectivity index (χ1n) is 9.11. The third kappa shape index (κ3) is 4.61. The molecule has 138 valence electrons. The summed E-state index contributed by atoms with van der Waals surface area (Å²) < 4.78 is 0. The molecule has 0 atom stereocenters. The van der Waals surface area contributed by atoms with Gasteiger partial charge in [-0.3, -0.25) is 4.79 Å². The summed E-state index contributed by atoms with van der Waals surface area (Å²) in [7, 11) is 0. The number of amides is 1. The number of carbonyl (C=O) groups is 1. The SMILES string of the molecule is Cc1cc(C)c(C)c(SCc2ccc(C(=O)Nc3ccccc3)cc2)c1C. The van der Waals surface area contributed by atoms with Crippen molar-refractivity contribution in [3.8, 4) is 0 Å². The molecule has 0 aliphatic heterocycles. The number of rotatable bonds is 5. The van der Waals surface area contributed by atoms with E-state index in [-0.39, 0.29) is 5.91 Å². The van der Waals surface area contributed by atoms with Crippen LogP contribution in [0.1, 0.15) is 38.2 Å². The number of anilines is 1. The van der Waals surface area contributed by atoms with E-state index in [2.05, 4.69) is 39.1 Å². The third-order valence-electron chi connectivity index (χ3n) is 4.93. The Kier molecular flexibility index (Phi) is 6.02. The van der Waals surface area contributed by atoms with E-state index < -0.39 is 0 Å². The van der Waals surface area contributed by atoms with Crippen LogP contribution in [-0.4, -0.2) is 5.91 Å². The highest BCUT2D eigenvalue weighted by atomic mass is 32.2. The van der Waals surface area contributed by atoms with Gasteiger partial charge in [-0.05, 0) is 79.8 Å². The van der Waals surface area contributed by atoms with Crippen molar-refractivity contribution in [2.75, 3.05) is 5.32 Å². The minimum absolute atomic E-state index is 0.0820. The Bertz CT molecular complexity index is 920. The summed E-state index contributed by atoms with van der Waals surface area (Å²) in [5, 5.41) is 2.92. The minimum atomic E-state index is -0.0820. The Morgan fingerprint density at radius 2 is 1.44 bits per heavy atom. The second-order valence-electron chi connectivity index (χ2n) is 6.90. The van der Waals surface area contributed by atoms with Crippen molar-refractivity contribution < 1.29 is 4.79 Å². The van der Waals surface area contributed by atoms with Crippen molar-refractivity contribution in [1.82, 2.24) is 0 Å². The van der Waals surface area contributed by atoms with Gasteiger partial charge in [0.2, 0.25) is 0 Å². The second kappa shape index (κ2) is 8.45. The van der Waals surface area contributed by atoms with Crippen LogP contribution in [0, 0.1) is 27.7 Å². The first-order chi connectivity index (χ1) is 13.0. The second-order valence-corrected chi connectivity index (χ2v) is 7.88. The van der Waals surface area contributed by atoms with Gasteiger partial charge in [-0.15, -0.1) is 11.8 Å². The quantitative estimate of drug-likeness (QED) is 0.518. The van der Waals surface area contributed by atoms with Crippen LogP contribution < -0.4 is 5.32 Å². The van der Waals surface area contributed by atoms with Crippen molar-refractivity contribution in [3.05, 3.63) is 94.0 Å². The lowest BCUT2D eigenvalue weighted by Crippen LogP contribution is -2.11. The maximum absolute atomic E-state index is 12.4.